The summed E-state index contributed by atoms with van der Waals surface area (Å²) in [5.74, 6) is 1.15. The van der Waals surface area contributed by atoms with E-state index in [4.69, 9.17) is 5.73 Å². The maximum Gasteiger partial charge on any atom is 0.193 e. The lowest BCUT2D eigenvalue weighted by Crippen LogP contribution is -2.22. The van der Waals surface area contributed by atoms with Crippen molar-refractivity contribution in [2.75, 3.05) is 11.9 Å². The Morgan fingerprint density at radius 3 is 2.41 bits per heavy atom. The lowest BCUT2D eigenvalue weighted by molar-refractivity contribution is 0.597. The average Bonchev–Trinajstić information content (AvgIpc) is 2.21. The Morgan fingerprint density at radius 1 is 1.29 bits per heavy atom. The van der Waals surface area contributed by atoms with Crippen LogP contribution in [0.3, 0.4) is 0 Å². The van der Waals surface area contributed by atoms with Gasteiger partial charge in [-0.1, -0.05) is 31.5 Å². The van der Waals surface area contributed by atoms with Crippen molar-refractivity contribution in [2.45, 2.75) is 27.2 Å². The fraction of sp³-hybridized carbons (Fsp3) is 0.462. The number of aryl methyl sites for hydroxylation is 1. The van der Waals surface area contributed by atoms with Crippen molar-refractivity contribution in [1.29, 1.82) is 0 Å². The van der Waals surface area contributed by atoms with Gasteiger partial charge in [0.25, 0.3) is 0 Å². The van der Waals surface area contributed by atoms with E-state index < -0.39 is 0 Å². The summed E-state index contributed by atoms with van der Waals surface area (Å²) in [4.78, 5) is 4.27. The Bertz CT molecular complexity index is 344. The molecule has 17 heavy (non-hydrogen) atoms. The molecule has 0 radical (unpaired) electrons. The molecule has 3 nitrogen and oxygen atoms in total. The van der Waals surface area contributed by atoms with Crippen molar-refractivity contribution in [1.82, 2.24) is 0 Å². The van der Waals surface area contributed by atoms with Crippen LogP contribution >= 0.6 is 24.0 Å². The first-order chi connectivity index (χ1) is 7.58. The molecule has 0 amide bonds. The molecule has 0 unspecified atom stereocenters. The molecule has 0 aromatic heterocycles. The molecule has 3 N–H and O–H groups in total. The van der Waals surface area contributed by atoms with E-state index in [9.17, 15) is 0 Å². The minimum atomic E-state index is 0. The first-order valence-electron chi connectivity index (χ1n) is 5.71. The zero-order chi connectivity index (χ0) is 12.0. The van der Waals surface area contributed by atoms with Gasteiger partial charge in [-0.25, -0.2) is 0 Å². The Hall–Kier alpha value is -0.780. The first-order valence-corrected chi connectivity index (χ1v) is 5.71. The Morgan fingerprint density at radius 2 is 1.88 bits per heavy atom. The lowest BCUT2D eigenvalue weighted by atomic mass is 10.1. The summed E-state index contributed by atoms with van der Waals surface area (Å²) in [5.41, 5.74) is 7.99. The SMILES string of the molecule is Cc1ccc(NC(N)=NCCC(C)C)cc1.I. The molecule has 0 saturated carbocycles. The molecular formula is C13H22IN3. The maximum atomic E-state index is 5.77. The number of benzene rings is 1. The third-order valence-electron chi connectivity index (χ3n) is 2.31. The van der Waals surface area contributed by atoms with Gasteiger partial charge < -0.3 is 11.1 Å². The number of nitrogens with zero attached hydrogens (tertiary/aromatic N) is 1. The topological polar surface area (TPSA) is 50.4 Å². The summed E-state index contributed by atoms with van der Waals surface area (Å²) in [6.07, 6.45) is 1.07. The predicted octanol–water partition coefficient (Wildman–Crippen LogP) is 3.39. The molecule has 4 heteroatoms. The van der Waals surface area contributed by atoms with Gasteiger partial charge in [-0.05, 0) is 31.4 Å². The number of rotatable bonds is 4. The summed E-state index contributed by atoms with van der Waals surface area (Å²) in [7, 11) is 0. The minimum absolute atomic E-state index is 0. The van der Waals surface area contributed by atoms with E-state index in [2.05, 4.69) is 31.1 Å². The van der Waals surface area contributed by atoms with Crippen LogP contribution in [0.2, 0.25) is 0 Å². The molecule has 0 aliphatic carbocycles. The summed E-state index contributed by atoms with van der Waals surface area (Å²) in [6, 6.07) is 8.09. The molecule has 0 fully saturated rings. The number of nitrogens with one attached hydrogen (secondary N) is 1. The van der Waals surface area contributed by atoms with Crippen molar-refractivity contribution >= 4 is 35.6 Å². The van der Waals surface area contributed by atoms with Crippen LogP contribution in [0.25, 0.3) is 0 Å². The van der Waals surface area contributed by atoms with Crippen LogP contribution in [0.4, 0.5) is 5.69 Å². The monoisotopic (exact) mass is 347 g/mol. The van der Waals surface area contributed by atoms with Gasteiger partial charge in [-0.3, -0.25) is 4.99 Å². The highest BCUT2D eigenvalue weighted by molar-refractivity contribution is 14.0. The highest BCUT2D eigenvalue weighted by Gasteiger charge is 1.95. The van der Waals surface area contributed by atoms with Crippen LogP contribution in [0.5, 0.6) is 0 Å². The standard InChI is InChI=1S/C13H21N3.HI/c1-10(2)8-9-15-13(14)16-12-6-4-11(3)5-7-12;/h4-7,10H,8-9H2,1-3H3,(H3,14,15,16);1H. The molecular weight excluding hydrogens is 325 g/mol. The third kappa shape index (κ3) is 7.20. The fourth-order valence-electron chi connectivity index (χ4n) is 1.27. The van der Waals surface area contributed by atoms with Gasteiger partial charge in [0.05, 0.1) is 0 Å². The van der Waals surface area contributed by atoms with Crippen LogP contribution in [0.1, 0.15) is 25.8 Å². The molecule has 1 aromatic rings. The molecule has 0 aliphatic heterocycles. The molecule has 0 atom stereocenters. The summed E-state index contributed by atoms with van der Waals surface area (Å²) >= 11 is 0. The van der Waals surface area contributed by atoms with Gasteiger partial charge in [0.2, 0.25) is 0 Å². The minimum Gasteiger partial charge on any atom is -0.370 e. The van der Waals surface area contributed by atoms with E-state index in [0.717, 1.165) is 18.7 Å². The number of hydrogen-bond donors (Lipinski definition) is 2. The van der Waals surface area contributed by atoms with E-state index in [-0.39, 0.29) is 24.0 Å². The van der Waals surface area contributed by atoms with Gasteiger partial charge >= 0.3 is 0 Å². The van der Waals surface area contributed by atoms with Gasteiger partial charge in [0.1, 0.15) is 0 Å². The van der Waals surface area contributed by atoms with E-state index in [1.54, 1.807) is 0 Å². The zero-order valence-electron chi connectivity index (χ0n) is 10.7. The number of aliphatic imine (C=N–C) groups is 1. The second-order valence-electron chi connectivity index (χ2n) is 4.44. The van der Waals surface area contributed by atoms with E-state index in [1.165, 1.54) is 5.56 Å². The van der Waals surface area contributed by atoms with Gasteiger partial charge in [-0.15, -0.1) is 24.0 Å². The van der Waals surface area contributed by atoms with Crippen LogP contribution in [-0.2, 0) is 0 Å². The van der Waals surface area contributed by atoms with Crippen molar-refractivity contribution in [3.63, 3.8) is 0 Å². The molecule has 0 spiro atoms. The largest absolute Gasteiger partial charge is 0.370 e. The normalized spacial score (nSPS) is 11.2. The number of nitrogens with two attached hydrogens (primary N) is 1. The Labute approximate surface area is 121 Å². The summed E-state index contributed by atoms with van der Waals surface area (Å²) < 4.78 is 0. The Kier molecular flexibility index (Phi) is 7.95. The van der Waals surface area contributed by atoms with Gasteiger partial charge in [0.15, 0.2) is 5.96 Å². The highest BCUT2D eigenvalue weighted by atomic mass is 127. The molecule has 0 aliphatic rings. The molecule has 1 aromatic carbocycles. The predicted molar refractivity (Wildman–Crippen MR) is 86.2 cm³/mol. The highest BCUT2D eigenvalue weighted by Crippen LogP contribution is 2.08. The molecule has 0 bridgehead atoms. The second kappa shape index (κ2) is 8.33. The molecule has 0 saturated heterocycles. The lowest BCUT2D eigenvalue weighted by Gasteiger charge is -2.06. The van der Waals surface area contributed by atoms with Crippen molar-refractivity contribution < 1.29 is 0 Å². The van der Waals surface area contributed by atoms with Crippen LogP contribution in [0, 0.1) is 12.8 Å². The number of anilines is 1. The van der Waals surface area contributed by atoms with Crippen molar-refractivity contribution in [2.24, 2.45) is 16.6 Å². The average molecular weight is 347 g/mol. The van der Waals surface area contributed by atoms with Gasteiger partial charge in [0, 0.05) is 12.2 Å². The smallest absolute Gasteiger partial charge is 0.193 e. The van der Waals surface area contributed by atoms with Crippen LogP contribution < -0.4 is 11.1 Å². The molecule has 0 heterocycles. The second-order valence-corrected chi connectivity index (χ2v) is 4.44. The van der Waals surface area contributed by atoms with Crippen LogP contribution in [0.15, 0.2) is 29.3 Å². The number of hydrogen-bond acceptors (Lipinski definition) is 1. The molecule has 1 rings (SSSR count). The fourth-order valence-corrected chi connectivity index (χ4v) is 1.27. The number of guanidine groups is 1. The Balaban J connectivity index is 0.00000256. The maximum absolute atomic E-state index is 5.77. The molecule has 96 valence electrons. The van der Waals surface area contributed by atoms with E-state index in [0.29, 0.717) is 11.9 Å². The van der Waals surface area contributed by atoms with E-state index in [1.807, 2.05) is 24.3 Å². The number of halogens is 1. The summed E-state index contributed by atoms with van der Waals surface area (Å²) in [6.45, 7) is 7.20. The van der Waals surface area contributed by atoms with E-state index >= 15 is 0 Å². The zero-order valence-corrected chi connectivity index (χ0v) is 13.1. The van der Waals surface area contributed by atoms with Crippen molar-refractivity contribution in [3.8, 4) is 0 Å². The van der Waals surface area contributed by atoms with Crippen LogP contribution in [-0.4, -0.2) is 12.5 Å². The quantitative estimate of drug-likeness (QED) is 0.498. The van der Waals surface area contributed by atoms with Gasteiger partial charge in [-0.2, -0.15) is 0 Å². The third-order valence-corrected chi connectivity index (χ3v) is 2.31. The van der Waals surface area contributed by atoms with Crippen molar-refractivity contribution in [3.05, 3.63) is 29.8 Å². The summed E-state index contributed by atoms with van der Waals surface area (Å²) in [5, 5.41) is 3.07. The first kappa shape index (κ1) is 16.2.